The maximum absolute atomic E-state index is 12.4. The molecule has 0 amide bonds. The molecule has 1 atom stereocenters. The number of rotatable bonds is 6. The minimum atomic E-state index is -0.852. The van der Waals surface area contributed by atoms with E-state index >= 15 is 0 Å². The Morgan fingerprint density at radius 3 is 2.15 bits per heavy atom. The van der Waals surface area contributed by atoms with Crippen molar-refractivity contribution >= 4 is 35.3 Å². The van der Waals surface area contributed by atoms with E-state index in [1.807, 2.05) is 35.7 Å². The first-order valence-corrected chi connectivity index (χ1v) is 10.9. The Morgan fingerprint density at radius 1 is 0.963 bits per heavy atom. The number of ketones is 1. The van der Waals surface area contributed by atoms with E-state index in [4.69, 9.17) is 9.47 Å². The minimum Gasteiger partial charge on any atom is -0.497 e. The van der Waals surface area contributed by atoms with Gasteiger partial charge in [0.15, 0.2) is 6.10 Å². The quantitative estimate of drug-likeness (QED) is 0.501. The summed E-state index contributed by atoms with van der Waals surface area (Å²) in [5, 5.41) is 0. The molecule has 2 aromatic carbocycles. The third kappa shape index (κ3) is 5.08. The lowest BCUT2D eigenvalue weighted by Gasteiger charge is -2.21. The summed E-state index contributed by atoms with van der Waals surface area (Å²) in [5.41, 5.74) is 2.15. The van der Waals surface area contributed by atoms with Crippen molar-refractivity contribution in [2.45, 2.75) is 24.0 Å². The number of thioether (sulfide) groups is 2. The molecular formula is C21H22O4S2. The molecule has 0 unspecified atom stereocenters. The molecule has 0 spiro atoms. The second-order valence-corrected chi connectivity index (χ2v) is 8.91. The first kappa shape index (κ1) is 19.8. The van der Waals surface area contributed by atoms with Crippen molar-refractivity contribution in [2.24, 2.45) is 0 Å². The standard InChI is InChI=1S/C21H22O4S2/c1-14(19(22)15-8-10-18(24-2)11-9-15)25-20(23)16-4-6-17(7-5-16)21-26-12-3-13-27-21/h4-11,14,21H,3,12-13H2,1-2H3/t14-/m1/s1. The van der Waals surface area contributed by atoms with E-state index in [0.717, 1.165) is 0 Å². The predicted molar refractivity (Wildman–Crippen MR) is 111 cm³/mol. The van der Waals surface area contributed by atoms with Crippen LogP contribution in [0.2, 0.25) is 0 Å². The molecule has 1 aliphatic rings. The van der Waals surface area contributed by atoms with Crippen LogP contribution in [0.3, 0.4) is 0 Å². The van der Waals surface area contributed by atoms with Gasteiger partial charge in [-0.05, 0) is 66.8 Å². The number of hydrogen-bond acceptors (Lipinski definition) is 6. The Morgan fingerprint density at radius 2 is 1.56 bits per heavy atom. The van der Waals surface area contributed by atoms with Gasteiger partial charge in [-0.25, -0.2) is 4.79 Å². The number of esters is 1. The van der Waals surface area contributed by atoms with Crippen molar-refractivity contribution in [1.29, 1.82) is 0 Å². The van der Waals surface area contributed by atoms with Crippen LogP contribution in [0.1, 0.15) is 44.2 Å². The number of Topliss-reactive ketones (excluding diaryl/α,β-unsaturated/α-hetero) is 1. The van der Waals surface area contributed by atoms with Gasteiger partial charge in [0.25, 0.3) is 0 Å². The first-order chi connectivity index (χ1) is 13.1. The summed E-state index contributed by atoms with van der Waals surface area (Å²) in [5.74, 6) is 2.29. The number of methoxy groups -OCH3 is 1. The molecule has 1 heterocycles. The maximum atomic E-state index is 12.4. The number of benzene rings is 2. The van der Waals surface area contributed by atoms with Crippen LogP contribution in [0.15, 0.2) is 48.5 Å². The number of hydrogen-bond donors (Lipinski definition) is 0. The van der Waals surface area contributed by atoms with Crippen molar-refractivity contribution < 1.29 is 19.1 Å². The highest BCUT2D eigenvalue weighted by molar-refractivity contribution is 8.16. The van der Waals surface area contributed by atoms with E-state index in [0.29, 0.717) is 21.5 Å². The Kier molecular flexibility index (Phi) is 6.85. The molecule has 1 aliphatic heterocycles. The second-order valence-electron chi connectivity index (χ2n) is 6.19. The lowest BCUT2D eigenvalue weighted by atomic mass is 10.1. The monoisotopic (exact) mass is 402 g/mol. The fraction of sp³-hybridized carbons (Fsp3) is 0.333. The SMILES string of the molecule is COc1ccc(C(=O)[C@@H](C)OC(=O)c2ccc(C3SCCCS3)cc2)cc1. The van der Waals surface area contributed by atoms with Gasteiger partial charge in [-0.3, -0.25) is 4.79 Å². The van der Waals surface area contributed by atoms with Gasteiger partial charge in [0.2, 0.25) is 5.78 Å². The van der Waals surface area contributed by atoms with Crippen LogP contribution < -0.4 is 4.74 Å². The average Bonchev–Trinajstić information content (AvgIpc) is 2.74. The zero-order valence-electron chi connectivity index (χ0n) is 15.3. The summed E-state index contributed by atoms with van der Waals surface area (Å²) in [4.78, 5) is 24.8. The van der Waals surface area contributed by atoms with Gasteiger partial charge in [-0.15, -0.1) is 23.5 Å². The van der Waals surface area contributed by atoms with Crippen molar-refractivity contribution in [2.75, 3.05) is 18.6 Å². The molecule has 0 radical (unpaired) electrons. The second kappa shape index (κ2) is 9.33. The minimum absolute atomic E-state index is 0.238. The highest BCUT2D eigenvalue weighted by atomic mass is 32.2. The van der Waals surface area contributed by atoms with E-state index in [1.165, 1.54) is 23.5 Å². The fourth-order valence-electron chi connectivity index (χ4n) is 2.73. The summed E-state index contributed by atoms with van der Waals surface area (Å²) in [6.45, 7) is 1.59. The number of ether oxygens (including phenoxy) is 2. The van der Waals surface area contributed by atoms with Crippen LogP contribution in [-0.4, -0.2) is 36.5 Å². The van der Waals surface area contributed by atoms with E-state index in [1.54, 1.807) is 50.4 Å². The van der Waals surface area contributed by atoms with Crippen molar-refractivity contribution in [3.05, 3.63) is 65.2 Å². The largest absolute Gasteiger partial charge is 0.497 e. The van der Waals surface area contributed by atoms with Crippen LogP contribution in [0, 0.1) is 0 Å². The lowest BCUT2D eigenvalue weighted by molar-refractivity contribution is 0.0319. The molecule has 0 aliphatic carbocycles. The van der Waals surface area contributed by atoms with Gasteiger partial charge in [0.05, 0.1) is 17.3 Å². The molecule has 4 nitrogen and oxygen atoms in total. The molecule has 0 N–H and O–H groups in total. The van der Waals surface area contributed by atoms with Crippen LogP contribution in [0.5, 0.6) is 5.75 Å². The zero-order chi connectivity index (χ0) is 19.2. The summed E-state index contributed by atoms with van der Waals surface area (Å²) >= 11 is 3.88. The topological polar surface area (TPSA) is 52.6 Å². The molecule has 3 rings (SSSR count). The van der Waals surface area contributed by atoms with Gasteiger partial charge >= 0.3 is 5.97 Å². The molecule has 1 saturated heterocycles. The number of carbonyl (C=O) groups excluding carboxylic acids is 2. The third-order valence-corrected chi connectivity index (χ3v) is 7.29. The Bertz CT molecular complexity index is 781. The number of carbonyl (C=O) groups is 2. The van der Waals surface area contributed by atoms with E-state index < -0.39 is 12.1 Å². The smallest absolute Gasteiger partial charge is 0.338 e. The van der Waals surface area contributed by atoms with Gasteiger partial charge in [0, 0.05) is 5.56 Å². The summed E-state index contributed by atoms with van der Waals surface area (Å²) in [6.07, 6.45) is 0.395. The lowest BCUT2D eigenvalue weighted by Crippen LogP contribution is -2.24. The third-order valence-electron chi connectivity index (χ3n) is 4.27. The first-order valence-electron chi connectivity index (χ1n) is 8.81. The predicted octanol–water partition coefficient (Wildman–Crippen LogP) is 4.99. The maximum Gasteiger partial charge on any atom is 0.338 e. The van der Waals surface area contributed by atoms with E-state index in [-0.39, 0.29) is 5.78 Å². The van der Waals surface area contributed by atoms with Crippen LogP contribution in [0.25, 0.3) is 0 Å². The Balaban J connectivity index is 1.60. The van der Waals surface area contributed by atoms with Crippen LogP contribution >= 0.6 is 23.5 Å². The summed E-state index contributed by atoms with van der Waals surface area (Å²) in [7, 11) is 1.57. The van der Waals surface area contributed by atoms with Crippen molar-refractivity contribution in [3.63, 3.8) is 0 Å². The van der Waals surface area contributed by atoms with Gasteiger partial charge in [-0.2, -0.15) is 0 Å². The summed E-state index contributed by atoms with van der Waals surface area (Å²) in [6, 6.07) is 14.3. The molecule has 0 aromatic heterocycles. The summed E-state index contributed by atoms with van der Waals surface area (Å²) < 4.78 is 10.9. The molecular weight excluding hydrogens is 380 g/mol. The molecule has 1 fully saturated rings. The molecule has 0 saturated carbocycles. The van der Waals surface area contributed by atoms with Gasteiger partial charge in [0.1, 0.15) is 5.75 Å². The zero-order valence-corrected chi connectivity index (χ0v) is 17.0. The van der Waals surface area contributed by atoms with Crippen molar-refractivity contribution in [3.8, 4) is 5.75 Å². The molecule has 2 aromatic rings. The fourth-order valence-corrected chi connectivity index (χ4v) is 5.62. The normalized spacial score (nSPS) is 15.8. The highest BCUT2D eigenvalue weighted by Crippen LogP contribution is 2.43. The van der Waals surface area contributed by atoms with Gasteiger partial charge in [-0.1, -0.05) is 12.1 Å². The van der Waals surface area contributed by atoms with E-state index in [2.05, 4.69) is 0 Å². The van der Waals surface area contributed by atoms with Crippen LogP contribution in [-0.2, 0) is 4.74 Å². The van der Waals surface area contributed by atoms with Gasteiger partial charge < -0.3 is 9.47 Å². The Hall–Kier alpha value is -1.92. The Labute approximate surface area is 168 Å². The molecule has 142 valence electrons. The van der Waals surface area contributed by atoms with Crippen molar-refractivity contribution in [1.82, 2.24) is 0 Å². The molecule has 27 heavy (non-hydrogen) atoms. The molecule has 0 bridgehead atoms. The van der Waals surface area contributed by atoms with Crippen LogP contribution in [0.4, 0.5) is 0 Å². The van der Waals surface area contributed by atoms with E-state index in [9.17, 15) is 9.59 Å². The molecule has 6 heteroatoms. The highest BCUT2D eigenvalue weighted by Gasteiger charge is 2.21. The average molecular weight is 403 g/mol.